The van der Waals surface area contributed by atoms with Crippen LogP contribution >= 0.6 is 0 Å². The van der Waals surface area contributed by atoms with Gasteiger partial charge < -0.3 is 24.4 Å². The molecule has 2 aromatic carbocycles. The van der Waals surface area contributed by atoms with Gasteiger partial charge >= 0.3 is 0 Å². The minimum absolute atomic E-state index is 0.0500. The second kappa shape index (κ2) is 9.44. The maximum atomic E-state index is 13.2. The van der Waals surface area contributed by atoms with Gasteiger partial charge in [-0.25, -0.2) is 0 Å². The van der Waals surface area contributed by atoms with E-state index in [1.165, 1.54) is 12.0 Å². The van der Waals surface area contributed by atoms with Crippen LogP contribution < -0.4 is 9.47 Å². The molecule has 1 N–H and O–H groups in total. The lowest BCUT2D eigenvalue weighted by atomic mass is 9.92. The van der Waals surface area contributed by atoms with Gasteiger partial charge in [-0.15, -0.1) is 0 Å². The molecule has 32 heavy (non-hydrogen) atoms. The molecule has 3 rings (SSSR count). The second-order valence-corrected chi connectivity index (χ2v) is 8.22. The van der Waals surface area contributed by atoms with Crippen molar-refractivity contribution in [1.82, 2.24) is 9.80 Å². The number of benzene rings is 2. The van der Waals surface area contributed by atoms with Crippen LogP contribution in [0.4, 0.5) is 0 Å². The van der Waals surface area contributed by atoms with Gasteiger partial charge in [0.05, 0.1) is 25.8 Å². The Balaban J connectivity index is 2.28. The van der Waals surface area contributed by atoms with Gasteiger partial charge in [-0.2, -0.15) is 0 Å². The average molecular weight is 439 g/mol. The summed E-state index contributed by atoms with van der Waals surface area (Å²) < 4.78 is 10.9. The molecule has 7 heteroatoms. The van der Waals surface area contributed by atoms with Gasteiger partial charge in [0.15, 0.2) is 0 Å². The topological polar surface area (TPSA) is 79.3 Å². The maximum Gasteiger partial charge on any atom is 0.295 e. The molecule has 1 fully saturated rings. The summed E-state index contributed by atoms with van der Waals surface area (Å²) in [7, 11) is 6.87. The van der Waals surface area contributed by atoms with E-state index in [1.807, 2.05) is 51.0 Å². The fraction of sp³-hybridized carbons (Fsp3) is 0.360. The number of Topliss-reactive ketones (excluding diaryl/α,β-unsaturated/α-hetero) is 1. The number of ether oxygens (including phenoxy) is 2. The number of aryl methyl sites for hydroxylation is 2. The average Bonchev–Trinajstić information content (AvgIpc) is 3.02. The summed E-state index contributed by atoms with van der Waals surface area (Å²) in [6.07, 6.45) is 0. The Bertz CT molecular complexity index is 1070. The van der Waals surface area contributed by atoms with E-state index in [4.69, 9.17) is 9.47 Å². The summed E-state index contributed by atoms with van der Waals surface area (Å²) in [5, 5.41) is 11.3. The van der Waals surface area contributed by atoms with Crippen LogP contribution in [-0.2, 0) is 9.59 Å². The summed E-state index contributed by atoms with van der Waals surface area (Å²) in [5.74, 6) is -0.484. The number of likely N-dealkylation sites (N-methyl/N-ethyl adjacent to an activating group) is 1. The van der Waals surface area contributed by atoms with Gasteiger partial charge in [-0.05, 0) is 57.8 Å². The molecular weight excluding hydrogens is 408 g/mol. The Kier molecular flexibility index (Phi) is 6.89. The molecule has 7 nitrogen and oxygen atoms in total. The fourth-order valence-electron chi connectivity index (χ4n) is 3.93. The minimum Gasteiger partial charge on any atom is -0.507 e. The molecule has 0 saturated carbocycles. The number of methoxy groups -OCH3 is 2. The molecule has 0 aliphatic carbocycles. The smallest absolute Gasteiger partial charge is 0.295 e. The molecule has 0 aromatic heterocycles. The van der Waals surface area contributed by atoms with Crippen molar-refractivity contribution in [2.75, 3.05) is 41.4 Å². The molecule has 170 valence electrons. The molecule has 1 unspecified atom stereocenters. The number of carbonyl (C=O) groups is 2. The predicted molar refractivity (Wildman–Crippen MR) is 123 cm³/mol. The molecule has 0 radical (unpaired) electrons. The molecular formula is C25H30N2O5. The van der Waals surface area contributed by atoms with Gasteiger partial charge in [0, 0.05) is 24.2 Å². The molecule has 1 aliphatic rings. The van der Waals surface area contributed by atoms with Crippen molar-refractivity contribution in [2.45, 2.75) is 19.9 Å². The third-order valence-electron chi connectivity index (χ3n) is 5.71. The van der Waals surface area contributed by atoms with Crippen molar-refractivity contribution < 1.29 is 24.2 Å². The third kappa shape index (κ3) is 4.34. The standard InChI is InChI=1S/C25H30N2O5/c1-15-7-8-16(2)18(13-15)23(28)21-22(19-14-17(31-5)9-10-20(19)32-6)27(12-11-26(3)4)25(30)24(21)29/h7-10,13-14,22,28H,11-12H2,1-6H3. The van der Waals surface area contributed by atoms with E-state index in [2.05, 4.69) is 0 Å². The monoisotopic (exact) mass is 438 g/mol. The number of aliphatic hydroxyl groups is 1. The van der Waals surface area contributed by atoms with Crippen LogP contribution in [0.15, 0.2) is 42.0 Å². The van der Waals surface area contributed by atoms with Crippen LogP contribution in [-0.4, -0.2) is 68.0 Å². The van der Waals surface area contributed by atoms with E-state index in [0.717, 1.165) is 11.1 Å². The van der Waals surface area contributed by atoms with Crippen molar-refractivity contribution in [3.63, 3.8) is 0 Å². The summed E-state index contributed by atoms with van der Waals surface area (Å²) in [4.78, 5) is 29.7. The highest BCUT2D eigenvalue weighted by atomic mass is 16.5. The first kappa shape index (κ1) is 23.3. The number of amides is 1. The third-order valence-corrected chi connectivity index (χ3v) is 5.71. The van der Waals surface area contributed by atoms with Crippen molar-refractivity contribution in [1.29, 1.82) is 0 Å². The highest BCUT2D eigenvalue weighted by molar-refractivity contribution is 6.46. The van der Waals surface area contributed by atoms with Crippen LogP contribution in [0.5, 0.6) is 11.5 Å². The number of carbonyl (C=O) groups excluding carboxylic acids is 2. The number of hydrogen-bond acceptors (Lipinski definition) is 6. The molecule has 1 atom stereocenters. The number of likely N-dealkylation sites (tertiary alicyclic amines) is 1. The Hall–Kier alpha value is -3.32. The SMILES string of the molecule is COc1ccc(OC)c(C2C(=C(O)c3cc(C)ccc3C)C(=O)C(=O)N2CCN(C)C)c1. The molecule has 1 amide bonds. The highest BCUT2D eigenvalue weighted by Gasteiger charge is 2.47. The van der Waals surface area contributed by atoms with Crippen molar-refractivity contribution in [3.8, 4) is 11.5 Å². The Morgan fingerprint density at radius 1 is 1.06 bits per heavy atom. The van der Waals surface area contributed by atoms with E-state index in [1.54, 1.807) is 25.3 Å². The Labute approximate surface area is 188 Å². The fourth-order valence-corrected chi connectivity index (χ4v) is 3.93. The number of rotatable bonds is 7. The minimum atomic E-state index is -0.806. The summed E-state index contributed by atoms with van der Waals surface area (Å²) in [5.41, 5.74) is 2.91. The summed E-state index contributed by atoms with van der Waals surface area (Å²) >= 11 is 0. The Morgan fingerprint density at radius 2 is 1.78 bits per heavy atom. The highest BCUT2D eigenvalue weighted by Crippen LogP contribution is 2.44. The van der Waals surface area contributed by atoms with E-state index in [9.17, 15) is 14.7 Å². The maximum absolute atomic E-state index is 13.2. The number of nitrogens with zero attached hydrogens (tertiary/aromatic N) is 2. The van der Waals surface area contributed by atoms with Gasteiger partial charge in [-0.1, -0.05) is 17.7 Å². The van der Waals surface area contributed by atoms with Crippen LogP contribution in [0.1, 0.15) is 28.3 Å². The molecule has 1 heterocycles. The first-order valence-electron chi connectivity index (χ1n) is 10.4. The molecule has 0 spiro atoms. The normalized spacial score (nSPS) is 17.8. The zero-order chi connectivity index (χ0) is 23.6. The van der Waals surface area contributed by atoms with Crippen LogP contribution in [0.3, 0.4) is 0 Å². The molecule has 0 bridgehead atoms. The zero-order valence-corrected chi connectivity index (χ0v) is 19.4. The lowest BCUT2D eigenvalue weighted by molar-refractivity contribution is -0.140. The molecule has 1 saturated heterocycles. The van der Waals surface area contributed by atoms with Gasteiger partial charge in [-0.3, -0.25) is 9.59 Å². The van der Waals surface area contributed by atoms with Gasteiger partial charge in [0.1, 0.15) is 17.3 Å². The van der Waals surface area contributed by atoms with Gasteiger partial charge in [0.25, 0.3) is 11.7 Å². The predicted octanol–water partition coefficient (Wildman–Crippen LogP) is 3.30. The Morgan fingerprint density at radius 3 is 2.41 bits per heavy atom. The van der Waals surface area contributed by atoms with Crippen LogP contribution in [0.25, 0.3) is 5.76 Å². The first-order valence-corrected chi connectivity index (χ1v) is 10.4. The largest absolute Gasteiger partial charge is 0.507 e. The van der Waals surface area contributed by atoms with Crippen molar-refractivity contribution in [2.24, 2.45) is 0 Å². The molecule has 2 aromatic rings. The lowest BCUT2D eigenvalue weighted by Gasteiger charge is -2.28. The van der Waals surface area contributed by atoms with E-state index < -0.39 is 17.7 Å². The van der Waals surface area contributed by atoms with Crippen LogP contribution in [0.2, 0.25) is 0 Å². The number of hydrogen-bond donors (Lipinski definition) is 1. The zero-order valence-electron chi connectivity index (χ0n) is 19.4. The van der Waals surface area contributed by atoms with Crippen molar-refractivity contribution >= 4 is 17.4 Å². The van der Waals surface area contributed by atoms with E-state index in [-0.39, 0.29) is 11.3 Å². The van der Waals surface area contributed by atoms with Crippen molar-refractivity contribution in [3.05, 3.63) is 64.2 Å². The summed E-state index contributed by atoms with van der Waals surface area (Å²) in [6, 6.07) is 10.1. The lowest BCUT2D eigenvalue weighted by Crippen LogP contribution is -2.35. The number of aliphatic hydroxyl groups excluding tert-OH is 1. The summed E-state index contributed by atoms with van der Waals surface area (Å²) in [6.45, 7) is 4.64. The second-order valence-electron chi connectivity index (χ2n) is 8.22. The first-order chi connectivity index (χ1) is 15.2. The van der Waals surface area contributed by atoms with E-state index in [0.29, 0.717) is 35.7 Å². The quantitative estimate of drug-likeness (QED) is 0.406. The van der Waals surface area contributed by atoms with Gasteiger partial charge in [0.2, 0.25) is 0 Å². The van der Waals surface area contributed by atoms with E-state index >= 15 is 0 Å². The van der Waals surface area contributed by atoms with Crippen LogP contribution in [0, 0.1) is 13.8 Å². The number of ketones is 1. The molecule has 1 aliphatic heterocycles.